The largest absolute Gasteiger partial charge is 0.326 e. The Kier molecular flexibility index (Phi) is 7.68. The first-order chi connectivity index (χ1) is 15.2. The molecular formula is C22H28N6O2S2. The van der Waals surface area contributed by atoms with Gasteiger partial charge in [-0.3, -0.25) is 9.59 Å². The van der Waals surface area contributed by atoms with Gasteiger partial charge in [0.05, 0.1) is 17.4 Å². The van der Waals surface area contributed by atoms with Crippen LogP contribution in [0.5, 0.6) is 0 Å². The molecule has 0 saturated carbocycles. The molecular weight excluding hydrogens is 444 g/mol. The third-order valence-electron chi connectivity index (χ3n) is 4.84. The van der Waals surface area contributed by atoms with E-state index < -0.39 is 5.25 Å². The quantitative estimate of drug-likeness (QED) is 0.474. The summed E-state index contributed by atoms with van der Waals surface area (Å²) < 4.78 is 1.87. The predicted molar refractivity (Wildman–Crippen MR) is 129 cm³/mol. The molecule has 0 aliphatic rings. The molecule has 2 N–H and O–H groups in total. The van der Waals surface area contributed by atoms with Gasteiger partial charge in [-0.15, -0.1) is 21.5 Å². The van der Waals surface area contributed by atoms with E-state index in [1.807, 2.05) is 58.2 Å². The number of aromatic nitrogens is 4. The van der Waals surface area contributed by atoms with E-state index in [0.29, 0.717) is 22.7 Å². The number of aryl methyl sites for hydroxylation is 4. The van der Waals surface area contributed by atoms with E-state index in [2.05, 4.69) is 31.9 Å². The normalized spacial score (nSPS) is 11.9. The van der Waals surface area contributed by atoms with E-state index in [-0.39, 0.29) is 18.2 Å². The summed E-state index contributed by atoms with van der Waals surface area (Å²) in [6, 6.07) is 5.92. The van der Waals surface area contributed by atoms with Crippen LogP contribution in [0.25, 0.3) is 0 Å². The Morgan fingerprint density at radius 2 is 1.78 bits per heavy atom. The molecule has 2 heterocycles. The van der Waals surface area contributed by atoms with Crippen LogP contribution in [0, 0.1) is 27.7 Å². The van der Waals surface area contributed by atoms with Crippen molar-refractivity contribution in [2.45, 2.75) is 64.9 Å². The summed E-state index contributed by atoms with van der Waals surface area (Å²) >= 11 is 2.77. The maximum absolute atomic E-state index is 12.6. The zero-order valence-corrected chi connectivity index (χ0v) is 20.8. The highest BCUT2D eigenvalue weighted by molar-refractivity contribution is 8.00. The van der Waals surface area contributed by atoms with E-state index in [1.165, 1.54) is 23.1 Å². The van der Waals surface area contributed by atoms with Crippen LogP contribution in [0.2, 0.25) is 0 Å². The second-order valence-corrected chi connectivity index (χ2v) is 10.2. The smallest absolute Gasteiger partial charge is 0.239 e. The number of anilines is 2. The number of nitrogens with one attached hydrogen (secondary N) is 2. The molecule has 0 fully saturated rings. The molecule has 170 valence electrons. The second-order valence-electron chi connectivity index (χ2n) is 7.65. The molecule has 0 aliphatic heterocycles. The number of carbonyl (C=O) groups is 2. The van der Waals surface area contributed by atoms with E-state index in [1.54, 1.807) is 0 Å². The van der Waals surface area contributed by atoms with Crippen LogP contribution < -0.4 is 10.6 Å². The molecule has 10 heteroatoms. The molecule has 0 spiro atoms. The molecule has 0 saturated heterocycles. The van der Waals surface area contributed by atoms with E-state index >= 15 is 0 Å². The molecule has 0 aliphatic carbocycles. The fourth-order valence-corrected chi connectivity index (χ4v) is 4.94. The molecule has 0 radical (unpaired) electrons. The van der Waals surface area contributed by atoms with Crippen molar-refractivity contribution in [2.24, 2.45) is 0 Å². The summed E-state index contributed by atoms with van der Waals surface area (Å²) in [5.74, 6) is 0.258. The van der Waals surface area contributed by atoms with Crippen LogP contribution in [0.4, 0.5) is 10.8 Å². The van der Waals surface area contributed by atoms with Crippen molar-refractivity contribution in [3.63, 3.8) is 0 Å². The van der Waals surface area contributed by atoms with Gasteiger partial charge in [-0.2, -0.15) is 0 Å². The SMILES string of the molecule is CCn1c(CC(=O)Nc2cc(C)cc(C)c2)nnc1SC(C)C(=O)Nc1nc(C)c(C)s1. The summed E-state index contributed by atoms with van der Waals surface area (Å²) in [6.45, 7) is 12.3. The fourth-order valence-electron chi connectivity index (χ4n) is 3.20. The van der Waals surface area contributed by atoms with E-state index in [9.17, 15) is 9.59 Å². The highest BCUT2D eigenvalue weighted by Crippen LogP contribution is 2.26. The maximum atomic E-state index is 12.6. The van der Waals surface area contributed by atoms with E-state index in [4.69, 9.17) is 0 Å². The Morgan fingerprint density at radius 1 is 1.09 bits per heavy atom. The van der Waals surface area contributed by atoms with Crippen molar-refractivity contribution in [3.05, 3.63) is 45.7 Å². The molecule has 32 heavy (non-hydrogen) atoms. The highest BCUT2D eigenvalue weighted by Gasteiger charge is 2.22. The monoisotopic (exact) mass is 472 g/mol. The number of carbonyl (C=O) groups excluding carboxylic acids is 2. The molecule has 3 rings (SSSR count). The first-order valence-corrected chi connectivity index (χ1v) is 12.1. The van der Waals surface area contributed by atoms with Crippen molar-refractivity contribution < 1.29 is 9.59 Å². The number of nitrogens with zero attached hydrogens (tertiary/aromatic N) is 4. The molecule has 2 amide bonds. The van der Waals surface area contributed by atoms with Gasteiger partial charge in [-0.25, -0.2) is 4.98 Å². The van der Waals surface area contributed by atoms with Crippen LogP contribution in [0.3, 0.4) is 0 Å². The zero-order valence-electron chi connectivity index (χ0n) is 19.1. The Morgan fingerprint density at radius 3 is 2.38 bits per heavy atom. The van der Waals surface area contributed by atoms with Crippen molar-refractivity contribution >= 4 is 45.7 Å². The van der Waals surface area contributed by atoms with Crippen molar-refractivity contribution in [3.8, 4) is 0 Å². The zero-order chi connectivity index (χ0) is 23.4. The van der Waals surface area contributed by atoms with Gasteiger partial charge in [0.1, 0.15) is 5.82 Å². The lowest BCUT2D eigenvalue weighted by molar-refractivity contribution is -0.116. The molecule has 1 unspecified atom stereocenters. The lowest BCUT2D eigenvalue weighted by atomic mass is 10.1. The van der Waals surface area contributed by atoms with Gasteiger partial charge in [0.15, 0.2) is 10.3 Å². The van der Waals surface area contributed by atoms with Gasteiger partial charge >= 0.3 is 0 Å². The molecule has 0 bridgehead atoms. The fraction of sp³-hybridized carbons (Fsp3) is 0.409. The number of thiazole rings is 1. The highest BCUT2D eigenvalue weighted by atomic mass is 32.2. The summed E-state index contributed by atoms with van der Waals surface area (Å²) in [4.78, 5) is 30.6. The number of thioether (sulfide) groups is 1. The molecule has 8 nitrogen and oxygen atoms in total. The number of benzene rings is 1. The molecule has 2 aromatic heterocycles. The van der Waals surface area contributed by atoms with Crippen LogP contribution >= 0.6 is 23.1 Å². The molecule has 3 aromatic rings. The predicted octanol–water partition coefficient (Wildman–Crippen LogP) is 4.29. The first kappa shape index (κ1) is 23.9. The average molecular weight is 473 g/mol. The van der Waals surface area contributed by atoms with E-state index in [0.717, 1.165) is 27.4 Å². The van der Waals surface area contributed by atoms with Crippen molar-refractivity contribution in [1.29, 1.82) is 0 Å². The first-order valence-electron chi connectivity index (χ1n) is 10.4. The van der Waals surface area contributed by atoms with Gasteiger partial charge in [0, 0.05) is 17.1 Å². The van der Waals surface area contributed by atoms with Crippen LogP contribution in [-0.2, 0) is 22.6 Å². The standard InChI is InChI=1S/C22H28N6O2S2/c1-7-28-18(11-19(29)24-17-9-12(2)8-13(3)10-17)26-27-22(28)32-16(6)20(30)25-21-23-14(4)15(5)31-21/h8-10,16H,7,11H2,1-6H3,(H,24,29)(H,23,25,30). The van der Waals surface area contributed by atoms with Crippen LogP contribution in [0.1, 0.15) is 41.4 Å². The maximum Gasteiger partial charge on any atom is 0.239 e. The Hall–Kier alpha value is -2.72. The lowest BCUT2D eigenvalue weighted by Gasteiger charge is -2.12. The van der Waals surface area contributed by atoms with Crippen molar-refractivity contribution in [1.82, 2.24) is 19.7 Å². The summed E-state index contributed by atoms with van der Waals surface area (Å²) in [7, 11) is 0. The Labute approximate surface area is 196 Å². The van der Waals surface area contributed by atoms with Gasteiger partial charge in [0.25, 0.3) is 0 Å². The summed E-state index contributed by atoms with van der Waals surface area (Å²) in [6.07, 6.45) is 0.104. The number of hydrogen-bond acceptors (Lipinski definition) is 7. The molecule has 1 atom stereocenters. The van der Waals surface area contributed by atoms with Gasteiger partial charge in [0.2, 0.25) is 11.8 Å². The summed E-state index contributed by atoms with van der Waals surface area (Å²) in [5.41, 5.74) is 3.86. The third kappa shape index (κ3) is 5.95. The minimum Gasteiger partial charge on any atom is -0.326 e. The number of amides is 2. The molecule has 1 aromatic carbocycles. The van der Waals surface area contributed by atoms with Crippen LogP contribution in [-0.4, -0.2) is 36.8 Å². The van der Waals surface area contributed by atoms with Gasteiger partial charge < -0.3 is 15.2 Å². The average Bonchev–Trinajstić information content (AvgIpc) is 3.22. The van der Waals surface area contributed by atoms with Gasteiger partial charge in [-0.1, -0.05) is 17.8 Å². The Balaban J connectivity index is 1.64. The van der Waals surface area contributed by atoms with Gasteiger partial charge in [-0.05, 0) is 64.8 Å². The minimum absolute atomic E-state index is 0.104. The topological polar surface area (TPSA) is 102 Å². The second kappa shape index (κ2) is 10.3. The van der Waals surface area contributed by atoms with Crippen molar-refractivity contribution in [2.75, 3.05) is 10.6 Å². The van der Waals surface area contributed by atoms with Crippen LogP contribution in [0.15, 0.2) is 23.4 Å². The third-order valence-corrected chi connectivity index (χ3v) is 6.91. The number of hydrogen-bond donors (Lipinski definition) is 2. The number of rotatable bonds is 8. The minimum atomic E-state index is -0.397. The lowest BCUT2D eigenvalue weighted by Crippen LogP contribution is -2.23. The summed E-state index contributed by atoms with van der Waals surface area (Å²) in [5, 5.41) is 15.0. The Bertz CT molecular complexity index is 1100.